The molecule has 4 aromatic rings. The number of rotatable bonds is 6. The van der Waals surface area contributed by atoms with Crippen molar-refractivity contribution >= 4 is 35.1 Å². The standard InChI is InChI=1S/C26H27N5OP/c27-25-28-24(29-26(30-25)31-16-18-32-19-17-31)20-33(21-10-4-1-5-11-21,22-12-6-2-7-13-22)23-14-8-3-9-15-23/h1-15H,16-20H2,(H2,27,28,29,30)/q+1. The minimum absolute atomic E-state index is 0.258. The zero-order chi connectivity index (χ0) is 22.5. The molecule has 0 amide bonds. The van der Waals surface area contributed by atoms with Gasteiger partial charge in [0.1, 0.15) is 29.3 Å². The van der Waals surface area contributed by atoms with Crippen molar-refractivity contribution in [3.8, 4) is 0 Å². The van der Waals surface area contributed by atoms with Crippen LogP contribution in [0.4, 0.5) is 11.9 Å². The molecular weight excluding hydrogens is 429 g/mol. The normalized spacial score (nSPS) is 14.2. The first-order chi connectivity index (χ1) is 16.3. The summed E-state index contributed by atoms with van der Waals surface area (Å²) in [6.07, 6.45) is 0.662. The maximum absolute atomic E-state index is 6.19. The Morgan fingerprint density at radius 1 is 0.697 bits per heavy atom. The van der Waals surface area contributed by atoms with Gasteiger partial charge >= 0.3 is 0 Å². The number of anilines is 2. The van der Waals surface area contributed by atoms with E-state index in [0.717, 1.165) is 13.1 Å². The molecule has 0 bridgehead atoms. The molecule has 1 saturated heterocycles. The van der Waals surface area contributed by atoms with Gasteiger partial charge in [-0.2, -0.15) is 15.0 Å². The molecule has 1 aliphatic heterocycles. The van der Waals surface area contributed by atoms with Crippen molar-refractivity contribution in [1.82, 2.24) is 15.0 Å². The number of benzene rings is 3. The topological polar surface area (TPSA) is 77.2 Å². The Labute approximate surface area is 194 Å². The largest absolute Gasteiger partial charge is 0.378 e. The van der Waals surface area contributed by atoms with E-state index in [1.165, 1.54) is 15.9 Å². The summed E-state index contributed by atoms with van der Waals surface area (Å²) in [5.74, 6) is 1.61. The van der Waals surface area contributed by atoms with Crippen molar-refractivity contribution in [2.75, 3.05) is 36.9 Å². The smallest absolute Gasteiger partial charge is 0.230 e. The molecule has 33 heavy (non-hydrogen) atoms. The van der Waals surface area contributed by atoms with Crippen LogP contribution in [0, 0.1) is 0 Å². The van der Waals surface area contributed by atoms with Crippen molar-refractivity contribution < 1.29 is 4.74 Å². The number of nitrogen functional groups attached to an aromatic ring is 1. The van der Waals surface area contributed by atoms with Crippen LogP contribution in [0.1, 0.15) is 5.82 Å². The summed E-state index contributed by atoms with van der Waals surface area (Å²) in [4.78, 5) is 16.1. The molecule has 7 heteroatoms. The van der Waals surface area contributed by atoms with Gasteiger partial charge in [0.25, 0.3) is 0 Å². The van der Waals surface area contributed by atoms with Crippen molar-refractivity contribution in [2.45, 2.75) is 6.16 Å². The van der Waals surface area contributed by atoms with Crippen molar-refractivity contribution in [1.29, 1.82) is 0 Å². The molecule has 0 radical (unpaired) electrons. The number of nitrogens with two attached hydrogens (primary N) is 1. The van der Waals surface area contributed by atoms with E-state index < -0.39 is 7.26 Å². The maximum Gasteiger partial charge on any atom is 0.230 e. The first-order valence-corrected chi connectivity index (χ1v) is 13.1. The molecule has 5 rings (SSSR count). The SMILES string of the molecule is Nc1nc(C[P+](c2ccccc2)(c2ccccc2)c2ccccc2)nc(N2CCOCC2)n1. The molecule has 1 aromatic heterocycles. The maximum atomic E-state index is 6.19. The van der Waals surface area contributed by atoms with Crippen LogP contribution in [0.25, 0.3) is 0 Å². The fraction of sp³-hybridized carbons (Fsp3) is 0.192. The molecule has 2 N–H and O–H groups in total. The van der Waals surface area contributed by atoms with Gasteiger partial charge in [0.15, 0.2) is 5.82 Å². The summed E-state index contributed by atoms with van der Waals surface area (Å²) in [5.41, 5.74) is 6.19. The first-order valence-electron chi connectivity index (χ1n) is 11.1. The molecule has 0 unspecified atom stereocenters. The predicted octanol–water partition coefficient (Wildman–Crippen LogP) is 2.78. The molecule has 0 spiro atoms. The molecule has 1 aliphatic rings. The predicted molar refractivity (Wildman–Crippen MR) is 136 cm³/mol. The number of hydrogen-bond acceptors (Lipinski definition) is 6. The van der Waals surface area contributed by atoms with E-state index >= 15 is 0 Å². The van der Waals surface area contributed by atoms with Crippen molar-refractivity contribution in [3.05, 3.63) is 96.8 Å². The minimum Gasteiger partial charge on any atom is -0.378 e. The van der Waals surface area contributed by atoms with Crippen LogP contribution in [-0.4, -0.2) is 41.3 Å². The highest BCUT2D eigenvalue weighted by atomic mass is 31.2. The Kier molecular flexibility index (Phi) is 6.29. The molecule has 0 atom stereocenters. The van der Waals surface area contributed by atoms with Crippen LogP contribution in [0.3, 0.4) is 0 Å². The number of hydrogen-bond donors (Lipinski definition) is 1. The van der Waals surface area contributed by atoms with Crippen LogP contribution in [0.5, 0.6) is 0 Å². The zero-order valence-corrected chi connectivity index (χ0v) is 19.3. The number of morpholine rings is 1. The van der Waals surface area contributed by atoms with Gasteiger partial charge in [-0.05, 0) is 36.4 Å². The highest BCUT2D eigenvalue weighted by molar-refractivity contribution is 7.95. The Morgan fingerprint density at radius 3 is 1.67 bits per heavy atom. The van der Waals surface area contributed by atoms with Gasteiger partial charge in [-0.25, -0.2) is 0 Å². The third-order valence-electron chi connectivity index (χ3n) is 5.95. The highest BCUT2D eigenvalue weighted by Gasteiger charge is 2.46. The summed E-state index contributed by atoms with van der Waals surface area (Å²) >= 11 is 0. The Bertz CT molecular complexity index is 1090. The molecule has 166 valence electrons. The van der Waals surface area contributed by atoms with E-state index in [-0.39, 0.29) is 5.95 Å². The number of ether oxygens (including phenoxy) is 1. The number of nitrogens with zero attached hydrogens (tertiary/aromatic N) is 4. The molecule has 1 fully saturated rings. The Hall–Kier alpha value is -3.34. The quantitative estimate of drug-likeness (QED) is 0.450. The number of aromatic nitrogens is 3. The minimum atomic E-state index is -2.11. The molecule has 0 saturated carbocycles. The van der Waals surface area contributed by atoms with Gasteiger partial charge in [-0.1, -0.05) is 54.6 Å². The van der Waals surface area contributed by atoms with Gasteiger partial charge in [-0.15, -0.1) is 0 Å². The van der Waals surface area contributed by atoms with E-state index in [1.807, 2.05) is 0 Å². The van der Waals surface area contributed by atoms with Crippen LogP contribution in [0.2, 0.25) is 0 Å². The summed E-state index contributed by atoms with van der Waals surface area (Å²) in [7, 11) is -2.11. The second kappa shape index (κ2) is 9.65. The van der Waals surface area contributed by atoms with Gasteiger partial charge in [0.05, 0.1) is 13.2 Å². The average molecular weight is 457 g/mol. The lowest BCUT2D eigenvalue weighted by Gasteiger charge is -2.29. The third kappa shape index (κ3) is 4.45. The summed E-state index contributed by atoms with van der Waals surface area (Å²) < 4.78 is 5.50. The summed E-state index contributed by atoms with van der Waals surface area (Å²) in [5, 5.41) is 3.86. The van der Waals surface area contributed by atoms with E-state index in [0.29, 0.717) is 31.1 Å². The lowest BCUT2D eigenvalue weighted by atomic mass is 10.4. The fourth-order valence-electron chi connectivity index (χ4n) is 4.38. The lowest BCUT2D eigenvalue weighted by Crippen LogP contribution is -2.38. The third-order valence-corrected chi connectivity index (χ3v) is 10.2. The van der Waals surface area contributed by atoms with E-state index in [4.69, 9.17) is 15.5 Å². The summed E-state index contributed by atoms with van der Waals surface area (Å²) in [6.45, 7) is 2.82. The van der Waals surface area contributed by atoms with Gasteiger partial charge < -0.3 is 15.4 Å². The lowest BCUT2D eigenvalue weighted by molar-refractivity contribution is 0.122. The van der Waals surface area contributed by atoms with Gasteiger partial charge in [0.2, 0.25) is 11.9 Å². The van der Waals surface area contributed by atoms with E-state index in [1.54, 1.807) is 0 Å². The second-order valence-corrected chi connectivity index (χ2v) is 11.5. The Morgan fingerprint density at radius 2 is 1.18 bits per heavy atom. The van der Waals surface area contributed by atoms with Crippen LogP contribution < -0.4 is 26.5 Å². The molecule has 0 aliphatic carbocycles. The second-order valence-electron chi connectivity index (χ2n) is 7.98. The van der Waals surface area contributed by atoms with Crippen LogP contribution in [0.15, 0.2) is 91.0 Å². The van der Waals surface area contributed by atoms with Crippen LogP contribution in [-0.2, 0) is 10.9 Å². The molecule has 2 heterocycles. The van der Waals surface area contributed by atoms with Gasteiger partial charge in [0, 0.05) is 13.1 Å². The Balaban J connectivity index is 1.68. The molecule has 3 aromatic carbocycles. The highest BCUT2D eigenvalue weighted by Crippen LogP contribution is 2.57. The summed E-state index contributed by atoms with van der Waals surface area (Å²) in [6, 6.07) is 32.2. The molecular formula is C26H27N5OP+. The molecule has 6 nitrogen and oxygen atoms in total. The van der Waals surface area contributed by atoms with Crippen molar-refractivity contribution in [3.63, 3.8) is 0 Å². The van der Waals surface area contributed by atoms with E-state index in [9.17, 15) is 0 Å². The monoisotopic (exact) mass is 456 g/mol. The van der Waals surface area contributed by atoms with Crippen LogP contribution >= 0.6 is 7.26 Å². The van der Waals surface area contributed by atoms with Gasteiger partial charge in [-0.3, -0.25) is 0 Å². The van der Waals surface area contributed by atoms with E-state index in [2.05, 4.69) is 106 Å². The fourth-order valence-corrected chi connectivity index (χ4v) is 8.43. The zero-order valence-electron chi connectivity index (χ0n) is 18.4. The average Bonchev–Trinajstić information content (AvgIpc) is 2.89. The first kappa shape index (κ1) is 21.5. The van der Waals surface area contributed by atoms with Crippen molar-refractivity contribution in [2.24, 2.45) is 0 Å².